The van der Waals surface area contributed by atoms with Gasteiger partial charge >= 0.3 is 0 Å². The molecule has 0 spiro atoms. The minimum atomic E-state index is 0.0408. The van der Waals surface area contributed by atoms with E-state index in [1.807, 2.05) is 0 Å². The van der Waals surface area contributed by atoms with Crippen molar-refractivity contribution < 1.29 is 9.53 Å². The Morgan fingerprint density at radius 2 is 1.94 bits per heavy atom. The van der Waals surface area contributed by atoms with Gasteiger partial charge in [0.2, 0.25) is 5.91 Å². The molecule has 0 aromatic heterocycles. The molecule has 0 saturated carbocycles. The summed E-state index contributed by atoms with van der Waals surface area (Å²) in [6.45, 7) is 10.1. The summed E-state index contributed by atoms with van der Waals surface area (Å²) in [6, 6.07) is 1.11. The third-order valence-electron chi connectivity index (χ3n) is 3.72. The quantitative estimate of drug-likeness (QED) is 0.749. The van der Waals surface area contributed by atoms with Gasteiger partial charge in [-0.15, -0.1) is 0 Å². The SMILES string of the molecule is CC(C)C1CC(OCC(=O)N(C)C)CN1C(C)C. The number of carbonyl (C=O) groups excluding carboxylic acids is 1. The first kappa shape index (κ1) is 15.4. The molecule has 18 heavy (non-hydrogen) atoms. The fourth-order valence-corrected chi connectivity index (χ4v) is 2.54. The van der Waals surface area contributed by atoms with Gasteiger partial charge < -0.3 is 9.64 Å². The van der Waals surface area contributed by atoms with Gasteiger partial charge in [-0.2, -0.15) is 0 Å². The summed E-state index contributed by atoms with van der Waals surface area (Å²) in [6.07, 6.45) is 1.24. The second-order valence-electron chi connectivity index (χ2n) is 6.06. The number of hydrogen-bond donors (Lipinski definition) is 0. The second kappa shape index (κ2) is 6.53. The molecule has 1 saturated heterocycles. The molecule has 106 valence electrons. The number of nitrogens with zero attached hydrogens (tertiary/aromatic N) is 2. The van der Waals surface area contributed by atoms with Crippen LogP contribution >= 0.6 is 0 Å². The minimum Gasteiger partial charge on any atom is -0.367 e. The first-order valence-electron chi connectivity index (χ1n) is 6.90. The van der Waals surface area contributed by atoms with Gasteiger partial charge in [0.15, 0.2) is 0 Å². The molecule has 4 heteroatoms. The maximum atomic E-state index is 11.5. The van der Waals surface area contributed by atoms with Crippen LogP contribution in [0.2, 0.25) is 0 Å². The molecule has 1 aliphatic heterocycles. The van der Waals surface area contributed by atoms with Crippen molar-refractivity contribution in [2.24, 2.45) is 5.92 Å². The van der Waals surface area contributed by atoms with Gasteiger partial charge in [-0.25, -0.2) is 0 Å². The second-order valence-corrected chi connectivity index (χ2v) is 6.06. The number of carbonyl (C=O) groups is 1. The van der Waals surface area contributed by atoms with E-state index in [0.717, 1.165) is 13.0 Å². The highest BCUT2D eigenvalue weighted by atomic mass is 16.5. The smallest absolute Gasteiger partial charge is 0.248 e. The van der Waals surface area contributed by atoms with E-state index in [4.69, 9.17) is 4.74 Å². The molecular weight excluding hydrogens is 228 g/mol. The Morgan fingerprint density at radius 1 is 1.33 bits per heavy atom. The van der Waals surface area contributed by atoms with Crippen molar-refractivity contribution in [2.45, 2.75) is 52.3 Å². The standard InChI is InChI=1S/C14H28N2O2/c1-10(2)13-7-12(8-16(13)11(3)4)18-9-14(17)15(5)6/h10-13H,7-9H2,1-6H3. The van der Waals surface area contributed by atoms with Crippen molar-refractivity contribution in [1.29, 1.82) is 0 Å². The average Bonchev–Trinajstić information content (AvgIpc) is 2.69. The van der Waals surface area contributed by atoms with E-state index in [-0.39, 0.29) is 18.6 Å². The predicted octanol–water partition coefficient (Wildman–Crippen LogP) is 1.60. The van der Waals surface area contributed by atoms with Crippen LogP contribution in [0.1, 0.15) is 34.1 Å². The van der Waals surface area contributed by atoms with E-state index >= 15 is 0 Å². The molecule has 0 radical (unpaired) electrons. The highest BCUT2D eigenvalue weighted by molar-refractivity contribution is 5.76. The molecule has 0 bridgehead atoms. The number of likely N-dealkylation sites (N-methyl/N-ethyl adjacent to an activating group) is 1. The van der Waals surface area contributed by atoms with Crippen LogP contribution in [0.25, 0.3) is 0 Å². The van der Waals surface area contributed by atoms with Gasteiger partial charge in [0, 0.05) is 32.7 Å². The summed E-state index contributed by atoms with van der Waals surface area (Å²) in [7, 11) is 3.52. The summed E-state index contributed by atoms with van der Waals surface area (Å²) in [5.41, 5.74) is 0. The highest BCUT2D eigenvalue weighted by Crippen LogP contribution is 2.27. The Bertz CT molecular complexity index is 261. The lowest BCUT2D eigenvalue weighted by Gasteiger charge is -2.30. The van der Waals surface area contributed by atoms with E-state index in [1.54, 1.807) is 19.0 Å². The number of hydrogen-bond acceptors (Lipinski definition) is 3. The van der Waals surface area contributed by atoms with Crippen molar-refractivity contribution in [3.8, 4) is 0 Å². The maximum absolute atomic E-state index is 11.5. The van der Waals surface area contributed by atoms with Crippen LogP contribution in [0, 0.1) is 5.92 Å². The summed E-state index contributed by atoms with van der Waals surface area (Å²) >= 11 is 0. The number of likely N-dealkylation sites (tertiary alicyclic amines) is 1. The van der Waals surface area contributed by atoms with E-state index in [9.17, 15) is 4.79 Å². The molecule has 1 fully saturated rings. The van der Waals surface area contributed by atoms with Gasteiger partial charge in [0.1, 0.15) is 6.61 Å². The lowest BCUT2D eigenvalue weighted by atomic mass is 10.0. The van der Waals surface area contributed by atoms with Crippen LogP contribution < -0.4 is 0 Å². The highest BCUT2D eigenvalue weighted by Gasteiger charge is 2.35. The summed E-state index contributed by atoms with van der Waals surface area (Å²) in [4.78, 5) is 15.6. The molecule has 1 amide bonds. The molecule has 2 atom stereocenters. The fraction of sp³-hybridized carbons (Fsp3) is 0.929. The van der Waals surface area contributed by atoms with Gasteiger partial charge in [0.25, 0.3) is 0 Å². The van der Waals surface area contributed by atoms with Crippen LogP contribution in [-0.2, 0) is 9.53 Å². The van der Waals surface area contributed by atoms with Crippen molar-refractivity contribution in [1.82, 2.24) is 9.80 Å². The molecule has 0 aliphatic carbocycles. The van der Waals surface area contributed by atoms with E-state index in [1.165, 1.54) is 0 Å². The lowest BCUT2D eigenvalue weighted by molar-refractivity contribution is -0.135. The van der Waals surface area contributed by atoms with Gasteiger partial charge in [-0.05, 0) is 26.2 Å². The number of amides is 1. The molecule has 0 aromatic rings. The molecule has 1 heterocycles. The van der Waals surface area contributed by atoms with Crippen LogP contribution in [0.15, 0.2) is 0 Å². The molecular formula is C14H28N2O2. The van der Waals surface area contributed by atoms with Crippen molar-refractivity contribution in [3.05, 3.63) is 0 Å². The van der Waals surface area contributed by atoms with Crippen LogP contribution in [0.4, 0.5) is 0 Å². The minimum absolute atomic E-state index is 0.0408. The third-order valence-corrected chi connectivity index (χ3v) is 3.72. The van der Waals surface area contributed by atoms with E-state index in [0.29, 0.717) is 18.0 Å². The Kier molecular flexibility index (Phi) is 5.60. The van der Waals surface area contributed by atoms with Crippen molar-refractivity contribution >= 4 is 5.91 Å². The Hall–Kier alpha value is -0.610. The maximum Gasteiger partial charge on any atom is 0.248 e. The Labute approximate surface area is 111 Å². The molecule has 2 unspecified atom stereocenters. The van der Waals surface area contributed by atoms with Crippen LogP contribution in [-0.4, -0.2) is 61.1 Å². The molecule has 0 aromatic carbocycles. The van der Waals surface area contributed by atoms with Crippen LogP contribution in [0.3, 0.4) is 0 Å². The van der Waals surface area contributed by atoms with E-state index < -0.39 is 0 Å². The largest absolute Gasteiger partial charge is 0.367 e. The van der Waals surface area contributed by atoms with Gasteiger partial charge in [0.05, 0.1) is 6.10 Å². The fourth-order valence-electron chi connectivity index (χ4n) is 2.54. The molecule has 4 nitrogen and oxygen atoms in total. The Morgan fingerprint density at radius 3 is 2.33 bits per heavy atom. The molecule has 0 N–H and O–H groups in total. The first-order valence-corrected chi connectivity index (χ1v) is 6.90. The van der Waals surface area contributed by atoms with Crippen molar-refractivity contribution in [3.63, 3.8) is 0 Å². The Balaban J connectivity index is 2.48. The average molecular weight is 256 g/mol. The number of ether oxygens (including phenoxy) is 1. The molecule has 1 aliphatic rings. The topological polar surface area (TPSA) is 32.8 Å². The van der Waals surface area contributed by atoms with E-state index in [2.05, 4.69) is 32.6 Å². The van der Waals surface area contributed by atoms with Crippen LogP contribution in [0.5, 0.6) is 0 Å². The lowest BCUT2D eigenvalue weighted by Crippen LogP contribution is -2.38. The zero-order chi connectivity index (χ0) is 13.9. The van der Waals surface area contributed by atoms with Crippen molar-refractivity contribution in [2.75, 3.05) is 27.2 Å². The zero-order valence-electron chi connectivity index (χ0n) is 12.6. The summed E-state index contributed by atoms with van der Waals surface area (Å²) < 4.78 is 5.75. The first-order chi connectivity index (χ1) is 8.32. The third kappa shape index (κ3) is 3.95. The number of rotatable bonds is 5. The predicted molar refractivity (Wildman–Crippen MR) is 73.5 cm³/mol. The normalized spacial score (nSPS) is 25.1. The molecule has 1 rings (SSSR count). The van der Waals surface area contributed by atoms with Gasteiger partial charge in [-0.1, -0.05) is 13.8 Å². The summed E-state index contributed by atoms with van der Waals surface area (Å²) in [5.74, 6) is 0.671. The summed E-state index contributed by atoms with van der Waals surface area (Å²) in [5, 5.41) is 0. The zero-order valence-corrected chi connectivity index (χ0v) is 12.6. The van der Waals surface area contributed by atoms with Gasteiger partial charge in [-0.3, -0.25) is 9.69 Å². The monoisotopic (exact) mass is 256 g/mol.